The molecule has 0 radical (unpaired) electrons. The lowest BCUT2D eigenvalue weighted by Gasteiger charge is -2.06. The van der Waals surface area contributed by atoms with Crippen LogP contribution in [0.1, 0.15) is 18.4 Å². The molecule has 3 nitrogen and oxygen atoms in total. The van der Waals surface area contributed by atoms with E-state index in [0.29, 0.717) is 19.4 Å². The summed E-state index contributed by atoms with van der Waals surface area (Å²) in [4.78, 5) is 11.2. The van der Waals surface area contributed by atoms with Crippen molar-refractivity contribution < 1.29 is 4.79 Å². The third-order valence-electron chi connectivity index (χ3n) is 1.94. The van der Waals surface area contributed by atoms with E-state index in [0.717, 1.165) is 5.56 Å². The lowest BCUT2D eigenvalue weighted by Crippen LogP contribution is -2.36. The van der Waals surface area contributed by atoms with Gasteiger partial charge in [-0.2, -0.15) is 0 Å². The number of carbonyl (C=O) groups excluding carboxylic acids is 1. The van der Waals surface area contributed by atoms with Crippen molar-refractivity contribution in [1.29, 1.82) is 0 Å². The molecule has 0 unspecified atom stereocenters. The fourth-order valence-electron chi connectivity index (χ4n) is 1.14. The predicted molar refractivity (Wildman–Crippen MR) is 60.9 cm³/mol. The molecule has 1 amide bonds. The molecule has 1 aromatic carbocycles. The van der Waals surface area contributed by atoms with E-state index in [9.17, 15) is 4.79 Å². The zero-order chi connectivity index (χ0) is 10.9. The van der Waals surface area contributed by atoms with Crippen molar-refractivity contribution in [2.45, 2.75) is 19.4 Å². The monoisotopic (exact) mass is 204 g/mol. The Kier molecular flexibility index (Phi) is 5.19. The Morgan fingerprint density at radius 3 is 2.73 bits per heavy atom. The Morgan fingerprint density at radius 1 is 1.33 bits per heavy atom. The van der Waals surface area contributed by atoms with Crippen LogP contribution in [-0.4, -0.2) is 5.91 Å². The molecule has 1 aromatic rings. The topological polar surface area (TPSA) is 41.1 Å². The smallest absolute Gasteiger partial charge is 0.234 e. The van der Waals surface area contributed by atoms with Crippen LogP contribution in [0.2, 0.25) is 0 Å². The van der Waals surface area contributed by atoms with Crippen molar-refractivity contribution >= 4 is 5.91 Å². The van der Waals surface area contributed by atoms with Gasteiger partial charge in [0.2, 0.25) is 5.91 Å². The lowest BCUT2D eigenvalue weighted by molar-refractivity contribution is -0.122. The summed E-state index contributed by atoms with van der Waals surface area (Å²) in [7, 11) is 0. The minimum atomic E-state index is -0.00849. The maximum absolute atomic E-state index is 11.2. The summed E-state index contributed by atoms with van der Waals surface area (Å²) >= 11 is 0. The zero-order valence-electron chi connectivity index (χ0n) is 8.70. The minimum absolute atomic E-state index is 0.00849. The maximum atomic E-state index is 11.2. The van der Waals surface area contributed by atoms with Gasteiger partial charge >= 0.3 is 0 Å². The molecule has 80 valence electrons. The number of benzene rings is 1. The molecule has 3 heteroatoms. The molecular formula is C12H16N2O. The van der Waals surface area contributed by atoms with Crippen molar-refractivity contribution in [2.75, 3.05) is 0 Å². The van der Waals surface area contributed by atoms with Gasteiger partial charge < -0.3 is 0 Å². The van der Waals surface area contributed by atoms with E-state index >= 15 is 0 Å². The first-order chi connectivity index (χ1) is 7.33. The van der Waals surface area contributed by atoms with Gasteiger partial charge in [0.05, 0.1) is 0 Å². The highest BCUT2D eigenvalue weighted by Crippen LogP contribution is 1.96. The van der Waals surface area contributed by atoms with Gasteiger partial charge in [0.1, 0.15) is 0 Å². The largest absolute Gasteiger partial charge is 0.291 e. The standard InChI is InChI=1S/C12H16N2O/c1-2-3-9-12(15)14-13-10-11-7-5-4-6-8-11/h2,4-8,13H,1,3,9-10H2,(H,14,15). The Labute approximate surface area is 90.2 Å². The normalized spacial score (nSPS) is 9.60. The second-order valence-electron chi connectivity index (χ2n) is 3.21. The van der Waals surface area contributed by atoms with Gasteiger partial charge in [0, 0.05) is 13.0 Å². The van der Waals surface area contributed by atoms with Crippen LogP contribution >= 0.6 is 0 Å². The first-order valence-electron chi connectivity index (χ1n) is 4.99. The molecular weight excluding hydrogens is 188 g/mol. The predicted octanol–water partition coefficient (Wildman–Crippen LogP) is 1.77. The SMILES string of the molecule is C=CCCC(=O)NNCc1ccccc1. The number of amides is 1. The Bertz CT molecular complexity index is 309. The van der Waals surface area contributed by atoms with Crippen LogP contribution in [0, 0.1) is 0 Å². The van der Waals surface area contributed by atoms with E-state index in [1.54, 1.807) is 6.08 Å². The quantitative estimate of drug-likeness (QED) is 0.547. The summed E-state index contributed by atoms with van der Waals surface area (Å²) in [6.07, 6.45) is 2.92. The molecule has 0 aliphatic heterocycles. The molecule has 0 saturated heterocycles. The van der Waals surface area contributed by atoms with Gasteiger partial charge in [-0.15, -0.1) is 6.58 Å². The minimum Gasteiger partial charge on any atom is -0.291 e. The third kappa shape index (κ3) is 4.98. The van der Waals surface area contributed by atoms with Gasteiger partial charge in [0.15, 0.2) is 0 Å². The number of allylic oxidation sites excluding steroid dienone is 1. The highest BCUT2D eigenvalue weighted by atomic mass is 16.2. The summed E-state index contributed by atoms with van der Waals surface area (Å²) in [5.74, 6) is -0.00849. The van der Waals surface area contributed by atoms with Crippen molar-refractivity contribution in [3.63, 3.8) is 0 Å². The summed E-state index contributed by atoms with van der Waals surface area (Å²) < 4.78 is 0. The fourth-order valence-corrected chi connectivity index (χ4v) is 1.14. The number of hydrogen-bond acceptors (Lipinski definition) is 2. The summed E-state index contributed by atoms with van der Waals surface area (Å²) in [6, 6.07) is 9.91. The molecule has 15 heavy (non-hydrogen) atoms. The van der Waals surface area contributed by atoms with Gasteiger partial charge in [-0.1, -0.05) is 36.4 Å². The molecule has 0 heterocycles. The van der Waals surface area contributed by atoms with Crippen LogP contribution in [0.3, 0.4) is 0 Å². The van der Waals surface area contributed by atoms with Crippen molar-refractivity contribution in [3.8, 4) is 0 Å². The van der Waals surface area contributed by atoms with Gasteiger partial charge in [-0.3, -0.25) is 10.2 Å². The van der Waals surface area contributed by atoms with E-state index in [1.165, 1.54) is 0 Å². The van der Waals surface area contributed by atoms with Gasteiger partial charge in [0.25, 0.3) is 0 Å². The van der Waals surface area contributed by atoms with Crippen LogP contribution < -0.4 is 10.9 Å². The van der Waals surface area contributed by atoms with Gasteiger partial charge in [-0.25, -0.2) is 5.43 Å². The molecule has 0 spiro atoms. The fraction of sp³-hybridized carbons (Fsp3) is 0.250. The Balaban J connectivity index is 2.16. The molecule has 2 N–H and O–H groups in total. The van der Waals surface area contributed by atoms with E-state index < -0.39 is 0 Å². The third-order valence-corrected chi connectivity index (χ3v) is 1.94. The van der Waals surface area contributed by atoms with Crippen LogP contribution in [-0.2, 0) is 11.3 Å². The van der Waals surface area contributed by atoms with Crippen LogP contribution in [0.15, 0.2) is 43.0 Å². The summed E-state index contributed by atoms with van der Waals surface area (Å²) in [6.45, 7) is 4.20. The molecule has 0 fully saturated rings. The Morgan fingerprint density at radius 2 is 2.07 bits per heavy atom. The zero-order valence-corrected chi connectivity index (χ0v) is 8.70. The van der Waals surface area contributed by atoms with Crippen molar-refractivity contribution in [1.82, 2.24) is 10.9 Å². The van der Waals surface area contributed by atoms with E-state index in [4.69, 9.17) is 0 Å². The van der Waals surface area contributed by atoms with Crippen molar-refractivity contribution in [3.05, 3.63) is 48.6 Å². The molecule has 0 atom stereocenters. The first-order valence-corrected chi connectivity index (χ1v) is 4.99. The number of hydrazine groups is 1. The van der Waals surface area contributed by atoms with Crippen LogP contribution in [0.25, 0.3) is 0 Å². The van der Waals surface area contributed by atoms with Gasteiger partial charge in [-0.05, 0) is 12.0 Å². The highest BCUT2D eigenvalue weighted by molar-refractivity contribution is 5.75. The second kappa shape index (κ2) is 6.79. The summed E-state index contributed by atoms with van der Waals surface area (Å²) in [5.41, 5.74) is 6.65. The molecule has 0 bridgehead atoms. The highest BCUT2D eigenvalue weighted by Gasteiger charge is 1.97. The van der Waals surface area contributed by atoms with Crippen LogP contribution in [0.4, 0.5) is 0 Å². The first kappa shape index (κ1) is 11.5. The molecule has 0 aromatic heterocycles. The average Bonchev–Trinajstić information content (AvgIpc) is 2.28. The molecule has 0 aliphatic rings. The lowest BCUT2D eigenvalue weighted by atomic mass is 10.2. The molecule has 1 rings (SSSR count). The van der Waals surface area contributed by atoms with Crippen molar-refractivity contribution in [2.24, 2.45) is 0 Å². The molecule has 0 aliphatic carbocycles. The molecule has 0 saturated carbocycles. The second-order valence-corrected chi connectivity index (χ2v) is 3.21. The maximum Gasteiger partial charge on any atom is 0.234 e. The summed E-state index contributed by atoms with van der Waals surface area (Å²) in [5, 5.41) is 0. The number of nitrogens with one attached hydrogen (secondary N) is 2. The Hall–Kier alpha value is -1.61. The number of carbonyl (C=O) groups is 1. The number of rotatable bonds is 6. The van der Waals surface area contributed by atoms with Crippen LogP contribution in [0.5, 0.6) is 0 Å². The van der Waals surface area contributed by atoms with E-state index in [-0.39, 0.29) is 5.91 Å². The van der Waals surface area contributed by atoms with E-state index in [1.807, 2.05) is 30.3 Å². The van der Waals surface area contributed by atoms with E-state index in [2.05, 4.69) is 17.4 Å². The average molecular weight is 204 g/mol. The number of hydrogen-bond donors (Lipinski definition) is 2.